The number of carbonyl (C=O) groups is 1. The molecule has 5 nitrogen and oxygen atoms in total. The van der Waals surface area contributed by atoms with E-state index in [0.29, 0.717) is 6.54 Å². The Hall–Kier alpha value is -2.14. The summed E-state index contributed by atoms with van der Waals surface area (Å²) in [5.41, 5.74) is 1.84. The lowest BCUT2D eigenvalue weighted by molar-refractivity contribution is -0.126. The van der Waals surface area contributed by atoms with Gasteiger partial charge in [-0.3, -0.25) is 9.48 Å². The Balaban J connectivity index is 1.74. The van der Waals surface area contributed by atoms with E-state index in [1.807, 2.05) is 63.6 Å². The maximum absolute atomic E-state index is 12.8. The number of benzene rings is 1. The van der Waals surface area contributed by atoms with Crippen LogP contribution in [0.5, 0.6) is 0 Å². The third-order valence-electron chi connectivity index (χ3n) is 4.64. The highest BCUT2D eigenvalue weighted by atomic mass is 16.2. The highest BCUT2D eigenvalue weighted by Crippen LogP contribution is 2.29. The fourth-order valence-corrected chi connectivity index (χ4v) is 3.26. The Morgan fingerprint density at radius 2 is 2.04 bits per heavy atom. The molecule has 2 heterocycles. The van der Waals surface area contributed by atoms with Gasteiger partial charge < -0.3 is 10.6 Å². The molecular weight excluding hydrogens is 288 g/mol. The van der Waals surface area contributed by atoms with Crippen LogP contribution in [0.3, 0.4) is 0 Å². The molecule has 2 N–H and O–H groups in total. The number of hydrogen-bond acceptors (Lipinski definition) is 3. The largest absolute Gasteiger partial charge is 0.347 e. The molecule has 0 radical (unpaired) electrons. The molecule has 122 valence electrons. The average Bonchev–Trinajstić information content (AvgIpc) is 3.16. The van der Waals surface area contributed by atoms with Crippen LogP contribution in [0, 0.1) is 5.92 Å². The van der Waals surface area contributed by atoms with Crippen molar-refractivity contribution in [3.63, 3.8) is 0 Å². The molecule has 2 aromatic rings. The third-order valence-corrected chi connectivity index (χ3v) is 4.64. The van der Waals surface area contributed by atoms with Crippen LogP contribution in [0.2, 0.25) is 0 Å². The van der Waals surface area contributed by atoms with E-state index in [4.69, 9.17) is 0 Å². The fraction of sp³-hybridized carbons (Fsp3) is 0.444. The second-order valence-electron chi connectivity index (χ2n) is 6.80. The van der Waals surface area contributed by atoms with Crippen molar-refractivity contribution >= 4 is 5.91 Å². The standard InChI is InChI=1S/C18H24N4O/c1-18(2,14-7-5-4-6-8-14)21-17(23)16-11-19-10-15(16)13-9-20-22(3)12-13/h4-9,12,15-16,19H,10-11H2,1-3H3,(H,21,23)/t15-,16+/m1/s1. The number of aryl methyl sites for hydroxylation is 1. The normalized spacial score (nSPS) is 21.3. The number of hydrogen-bond donors (Lipinski definition) is 2. The van der Waals surface area contributed by atoms with Gasteiger partial charge in [-0.2, -0.15) is 5.10 Å². The molecule has 1 aromatic carbocycles. The van der Waals surface area contributed by atoms with Crippen LogP contribution < -0.4 is 10.6 Å². The van der Waals surface area contributed by atoms with Crippen LogP contribution in [0.25, 0.3) is 0 Å². The van der Waals surface area contributed by atoms with E-state index in [2.05, 4.69) is 15.7 Å². The lowest BCUT2D eigenvalue weighted by atomic mass is 9.88. The molecule has 5 heteroatoms. The molecular formula is C18H24N4O. The van der Waals surface area contributed by atoms with Gasteiger partial charge in [-0.1, -0.05) is 30.3 Å². The van der Waals surface area contributed by atoms with E-state index in [0.717, 1.165) is 17.7 Å². The Kier molecular flexibility index (Phi) is 4.22. The molecule has 2 atom stereocenters. The van der Waals surface area contributed by atoms with E-state index in [9.17, 15) is 4.79 Å². The van der Waals surface area contributed by atoms with Gasteiger partial charge in [0.2, 0.25) is 5.91 Å². The summed E-state index contributed by atoms with van der Waals surface area (Å²) >= 11 is 0. The quantitative estimate of drug-likeness (QED) is 0.905. The van der Waals surface area contributed by atoms with Gasteiger partial charge in [0.25, 0.3) is 0 Å². The maximum atomic E-state index is 12.8. The molecule has 23 heavy (non-hydrogen) atoms. The molecule has 0 unspecified atom stereocenters. The topological polar surface area (TPSA) is 59.0 Å². The summed E-state index contributed by atoms with van der Waals surface area (Å²) in [4.78, 5) is 12.8. The van der Waals surface area contributed by atoms with Gasteiger partial charge in [0.05, 0.1) is 17.7 Å². The zero-order chi connectivity index (χ0) is 16.4. The van der Waals surface area contributed by atoms with Crippen molar-refractivity contribution in [1.82, 2.24) is 20.4 Å². The van der Waals surface area contributed by atoms with Crippen molar-refractivity contribution in [3.8, 4) is 0 Å². The van der Waals surface area contributed by atoms with Crippen LogP contribution in [0.1, 0.15) is 30.9 Å². The molecule has 0 bridgehead atoms. The Bertz CT molecular complexity index is 677. The van der Waals surface area contributed by atoms with Crippen molar-refractivity contribution < 1.29 is 4.79 Å². The van der Waals surface area contributed by atoms with E-state index in [1.54, 1.807) is 4.68 Å². The first kappa shape index (κ1) is 15.7. The minimum absolute atomic E-state index is 0.0674. The number of aromatic nitrogens is 2. The van der Waals surface area contributed by atoms with Gasteiger partial charge in [0.1, 0.15) is 0 Å². The Morgan fingerprint density at radius 1 is 1.30 bits per heavy atom. The van der Waals surface area contributed by atoms with E-state index >= 15 is 0 Å². The van der Waals surface area contributed by atoms with Gasteiger partial charge in [0.15, 0.2) is 0 Å². The van der Waals surface area contributed by atoms with Gasteiger partial charge in [-0.05, 0) is 25.0 Å². The average molecular weight is 312 g/mol. The monoisotopic (exact) mass is 312 g/mol. The van der Waals surface area contributed by atoms with Gasteiger partial charge >= 0.3 is 0 Å². The maximum Gasteiger partial charge on any atom is 0.225 e. The molecule has 3 rings (SSSR count). The number of nitrogens with zero attached hydrogens (tertiary/aromatic N) is 2. The van der Waals surface area contributed by atoms with E-state index in [-0.39, 0.29) is 23.3 Å². The second kappa shape index (κ2) is 6.16. The van der Waals surface area contributed by atoms with Crippen LogP contribution in [0.15, 0.2) is 42.7 Å². The van der Waals surface area contributed by atoms with Crippen LogP contribution in [-0.2, 0) is 17.4 Å². The van der Waals surface area contributed by atoms with Crippen LogP contribution in [0.4, 0.5) is 0 Å². The lowest BCUT2D eigenvalue weighted by Crippen LogP contribution is -2.45. The fourth-order valence-electron chi connectivity index (χ4n) is 3.26. The molecule has 0 spiro atoms. The van der Waals surface area contributed by atoms with Crippen molar-refractivity contribution in [2.45, 2.75) is 25.3 Å². The summed E-state index contributed by atoms with van der Waals surface area (Å²) in [7, 11) is 1.90. The van der Waals surface area contributed by atoms with Crippen LogP contribution in [-0.4, -0.2) is 28.8 Å². The van der Waals surface area contributed by atoms with Crippen molar-refractivity contribution in [1.29, 1.82) is 0 Å². The molecule has 1 aliphatic heterocycles. The zero-order valence-corrected chi connectivity index (χ0v) is 13.9. The van der Waals surface area contributed by atoms with E-state index < -0.39 is 0 Å². The summed E-state index contributed by atoms with van der Waals surface area (Å²) in [6.45, 7) is 5.61. The predicted octanol–water partition coefficient (Wildman–Crippen LogP) is 1.77. The molecule has 1 aromatic heterocycles. The number of amides is 1. The Labute approximate surface area is 137 Å². The second-order valence-corrected chi connectivity index (χ2v) is 6.80. The highest BCUT2D eigenvalue weighted by Gasteiger charge is 2.36. The number of nitrogens with one attached hydrogen (secondary N) is 2. The minimum atomic E-state index is -0.388. The summed E-state index contributed by atoms with van der Waals surface area (Å²) in [6.07, 6.45) is 3.86. The molecule has 0 aliphatic carbocycles. The minimum Gasteiger partial charge on any atom is -0.347 e. The smallest absolute Gasteiger partial charge is 0.225 e. The van der Waals surface area contributed by atoms with Gasteiger partial charge in [-0.25, -0.2) is 0 Å². The molecule has 1 fully saturated rings. The summed E-state index contributed by atoms with van der Waals surface area (Å²) in [6, 6.07) is 10.1. The SMILES string of the molecule is Cn1cc([C@H]2CNC[C@@H]2C(=O)NC(C)(C)c2ccccc2)cn1. The highest BCUT2D eigenvalue weighted by molar-refractivity contribution is 5.81. The van der Waals surface area contributed by atoms with E-state index in [1.165, 1.54) is 0 Å². The molecule has 1 aliphatic rings. The Morgan fingerprint density at radius 3 is 2.70 bits per heavy atom. The molecule has 1 saturated heterocycles. The van der Waals surface area contributed by atoms with Crippen LogP contribution >= 0.6 is 0 Å². The summed E-state index contributed by atoms with van der Waals surface area (Å²) < 4.78 is 1.79. The first-order valence-electron chi connectivity index (χ1n) is 8.04. The molecule has 0 saturated carbocycles. The predicted molar refractivity (Wildman–Crippen MR) is 89.9 cm³/mol. The van der Waals surface area contributed by atoms with Crippen molar-refractivity contribution in [2.24, 2.45) is 13.0 Å². The first-order chi connectivity index (χ1) is 11.0. The zero-order valence-electron chi connectivity index (χ0n) is 13.9. The first-order valence-corrected chi connectivity index (χ1v) is 8.04. The van der Waals surface area contributed by atoms with Crippen molar-refractivity contribution in [2.75, 3.05) is 13.1 Å². The summed E-state index contributed by atoms with van der Waals surface area (Å²) in [5.74, 6) is 0.204. The number of rotatable bonds is 4. The summed E-state index contributed by atoms with van der Waals surface area (Å²) in [5, 5.41) is 10.8. The lowest BCUT2D eigenvalue weighted by Gasteiger charge is -2.29. The van der Waals surface area contributed by atoms with Gasteiger partial charge in [0, 0.05) is 32.3 Å². The number of carbonyl (C=O) groups excluding carboxylic acids is 1. The third kappa shape index (κ3) is 3.29. The molecule has 1 amide bonds. The van der Waals surface area contributed by atoms with Crippen molar-refractivity contribution in [3.05, 3.63) is 53.9 Å². The van der Waals surface area contributed by atoms with Gasteiger partial charge in [-0.15, -0.1) is 0 Å².